The molecule has 1 aliphatic heterocycles. The van der Waals surface area contributed by atoms with E-state index in [4.69, 9.17) is 5.11 Å². The standard InChI is InChI=1S/C21H18N2O5S/c1-13-2-6-15(7-3-13)23-19(25)12-17(21(23)28)29-16-8-4-14(5-9-16)22-18(24)10-11-20(26)27/h2-11,17H,12H2,1H3,(H,22,24)(H,26,27)/b11-10+/t17-/m1/s1. The van der Waals surface area contributed by atoms with Crippen molar-refractivity contribution in [3.63, 3.8) is 0 Å². The van der Waals surface area contributed by atoms with Gasteiger partial charge in [0.2, 0.25) is 17.7 Å². The molecule has 2 N–H and O–H groups in total. The molecular formula is C21H18N2O5S. The Bertz CT molecular complexity index is 983. The highest BCUT2D eigenvalue weighted by atomic mass is 32.2. The van der Waals surface area contributed by atoms with Crippen LogP contribution in [0.1, 0.15) is 12.0 Å². The number of carbonyl (C=O) groups is 4. The summed E-state index contributed by atoms with van der Waals surface area (Å²) in [6.07, 6.45) is 1.80. The van der Waals surface area contributed by atoms with Gasteiger partial charge in [0.25, 0.3) is 0 Å². The third-order valence-electron chi connectivity index (χ3n) is 4.17. The average Bonchev–Trinajstić information content (AvgIpc) is 2.96. The lowest BCUT2D eigenvalue weighted by atomic mass is 10.2. The van der Waals surface area contributed by atoms with Gasteiger partial charge in [0.15, 0.2) is 0 Å². The van der Waals surface area contributed by atoms with Crippen molar-refractivity contribution in [1.29, 1.82) is 0 Å². The van der Waals surface area contributed by atoms with Gasteiger partial charge in [0.1, 0.15) is 0 Å². The molecule has 2 aromatic rings. The molecule has 0 aromatic heterocycles. The maximum atomic E-state index is 12.7. The van der Waals surface area contributed by atoms with Crippen molar-refractivity contribution in [3.05, 3.63) is 66.2 Å². The summed E-state index contributed by atoms with van der Waals surface area (Å²) in [5.41, 5.74) is 2.11. The van der Waals surface area contributed by atoms with Crippen LogP contribution in [0.5, 0.6) is 0 Å². The molecule has 0 bridgehead atoms. The summed E-state index contributed by atoms with van der Waals surface area (Å²) in [6, 6.07) is 14.0. The number of aryl methyl sites for hydroxylation is 1. The average molecular weight is 410 g/mol. The second kappa shape index (κ2) is 8.74. The Labute approximate surface area is 171 Å². The Hall–Kier alpha value is -3.39. The number of amides is 3. The molecule has 0 unspecified atom stereocenters. The number of thioether (sulfide) groups is 1. The van der Waals surface area contributed by atoms with E-state index in [-0.39, 0.29) is 18.2 Å². The summed E-state index contributed by atoms with van der Waals surface area (Å²) >= 11 is 1.29. The van der Waals surface area contributed by atoms with Crippen molar-refractivity contribution < 1.29 is 24.3 Å². The minimum Gasteiger partial charge on any atom is -0.478 e. The van der Waals surface area contributed by atoms with E-state index in [2.05, 4.69) is 5.32 Å². The Kier molecular flexibility index (Phi) is 6.13. The van der Waals surface area contributed by atoms with Gasteiger partial charge in [-0.1, -0.05) is 17.7 Å². The monoisotopic (exact) mass is 410 g/mol. The van der Waals surface area contributed by atoms with Crippen molar-refractivity contribution in [3.8, 4) is 0 Å². The van der Waals surface area contributed by atoms with Crippen LogP contribution in [0.15, 0.2) is 65.6 Å². The van der Waals surface area contributed by atoms with Crippen LogP contribution in [0.3, 0.4) is 0 Å². The van der Waals surface area contributed by atoms with Gasteiger partial charge in [-0.05, 0) is 43.3 Å². The van der Waals surface area contributed by atoms with Crippen LogP contribution < -0.4 is 10.2 Å². The first kappa shape index (κ1) is 20.3. The normalized spacial score (nSPS) is 16.4. The first-order valence-corrected chi connectivity index (χ1v) is 9.63. The summed E-state index contributed by atoms with van der Waals surface area (Å²) in [5.74, 6) is -2.24. The molecule has 0 radical (unpaired) electrons. The van der Waals surface area contributed by atoms with E-state index in [9.17, 15) is 19.2 Å². The summed E-state index contributed by atoms with van der Waals surface area (Å²) in [4.78, 5) is 49.1. The highest BCUT2D eigenvalue weighted by molar-refractivity contribution is 8.00. The molecule has 1 fully saturated rings. The number of anilines is 2. The van der Waals surface area contributed by atoms with Crippen LogP contribution in [0.25, 0.3) is 0 Å². The van der Waals surface area contributed by atoms with E-state index >= 15 is 0 Å². The highest BCUT2D eigenvalue weighted by Crippen LogP contribution is 2.34. The van der Waals surface area contributed by atoms with E-state index in [0.29, 0.717) is 11.4 Å². The summed E-state index contributed by atoms with van der Waals surface area (Å²) < 4.78 is 0. The lowest BCUT2D eigenvalue weighted by molar-refractivity contribution is -0.131. The largest absolute Gasteiger partial charge is 0.478 e. The van der Waals surface area contributed by atoms with Crippen LogP contribution in [0.2, 0.25) is 0 Å². The molecular weight excluding hydrogens is 392 g/mol. The number of carboxylic acid groups (broad SMARTS) is 1. The molecule has 1 aliphatic rings. The van der Waals surface area contributed by atoms with Crippen LogP contribution in [-0.4, -0.2) is 34.0 Å². The topological polar surface area (TPSA) is 104 Å². The van der Waals surface area contributed by atoms with Gasteiger partial charge in [-0.25, -0.2) is 9.69 Å². The van der Waals surface area contributed by atoms with Gasteiger partial charge in [0, 0.05) is 29.2 Å². The smallest absolute Gasteiger partial charge is 0.328 e. The van der Waals surface area contributed by atoms with E-state index in [1.165, 1.54) is 16.7 Å². The first-order chi connectivity index (χ1) is 13.8. The predicted octanol–water partition coefficient (Wildman–Crippen LogP) is 3.00. The molecule has 29 heavy (non-hydrogen) atoms. The van der Waals surface area contributed by atoms with Crippen molar-refractivity contribution in [1.82, 2.24) is 0 Å². The SMILES string of the molecule is Cc1ccc(N2C(=O)C[C@@H](Sc3ccc(NC(=O)/C=C/C(=O)O)cc3)C2=O)cc1. The molecule has 0 aliphatic carbocycles. The van der Waals surface area contributed by atoms with Gasteiger partial charge < -0.3 is 10.4 Å². The molecule has 7 nitrogen and oxygen atoms in total. The maximum Gasteiger partial charge on any atom is 0.328 e. The second-order valence-corrected chi connectivity index (χ2v) is 7.67. The fourth-order valence-corrected chi connectivity index (χ4v) is 3.83. The Morgan fingerprint density at radius 2 is 1.72 bits per heavy atom. The number of nitrogens with one attached hydrogen (secondary N) is 1. The minimum atomic E-state index is -1.21. The first-order valence-electron chi connectivity index (χ1n) is 8.75. The Balaban J connectivity index is 1.64. The second-order valence-electron chi connectivity index (χ2n) is 6.40. The minimum absolute atomic E-state index is 0.121. The van der Waals surface area contributed by atoms with Gasteiger partial charge in [-0.3, -0.25) is 14.4 Å². The van der Waals surface area contributed by atoms with Crippen LogP contribution in [0, 0.1) is 6.92 Å². The number of nitrogens with zero attached hydrogens (tertiary/aromatic N) is 1. The van der Waals surface area contributed by atoms with Crippen LogP contribution in [-0.2, 0) is 19.2 Å². The number of carbonyl (C=O) groups excluding carboxylic acids is 3. The van der Waals surface area contributed by atoms with Gasteiger partial charge in [-0.2, -0.15) is 0 Å². The van der Waals surface area contributed by atoms with E-state index in [0.717, 1.165) is 22.6 Å². The molecule has 1 atom stereocenters. The molecule has 3 rings (SSSR count). The zero-order chi connectivity index (χ0) is 21.0. The van der Waals surface area contributed by atoms with E-state index < -0.39 is 17.1 Å². The molecule has 0 saturated carbocycles. The summed E-state index contributed by atoms with van der Waals surface area (Å²) in [6.45, 7) is 1.94. The third kappa shape index (κ3) is 5.11. The number of rotatable bonds is 6. The molecule has 3 amide bonds. The Morgan fingerprint density at radius 1 is 1.07 bits per heavy atom. The lowest BCUT2D eigenvalue weighted by Crippen LogP contribution is -2.31. The number of aliphatic carboxylic acids is 1. The number of hydrogen-bond acceptors (Lipinski definition) is 5. The summed E-state index contributed by atoms with van der Waals surface area (Å²) in [5, 5.41) is 10.5. The maximum absolute atomic E-state index is 12.7. The van der Waals surface area contributed by atoms with Gasteiger partial charge in [-0.15, -0.1) is 11.8 Å². The molecule has 148 valence electrons. The zero-order valence-corrected chi connectivity index (χ0v) is 16.3. The third-order valence-corrected chi connectivity index (χ3v) is 5.37. The molecule has 8 heteroatoms. The van der Waals surface area contributed by atoms with Gasteiger partial charge >= 0.3 is 5.97 Å². The predicted molar refractivity (Wildman–Crippen MR) is 110 cm³/mol. The van der Waals surface area contributed by atoms with Crippen molar-refractivity contribution in [2.45, 2.75) is 23.5 Å². The highest BCUT2D eigenvalue weighted by Gasteiger charge is 2.40. The number of imide groups is 1. The number of benzene rings is 2. The molecule has 2 aromatic carbocycles. The summed E-state index contributed by atoms with van der Waals surface area (Å²) in [7, 11) is 0. The molecule has 1 heterocycles. The van der Waals surface area contributed by atoms with Crippen molar-refractivity contribution in [2.75, 3.05) is 10.2 Å². The van der Waals surface area contributed by atoms with E-state index in [1.54, 1.807) is 36.4 Å². The molecule has 0 spiro atoms. The quantitative estimate of drug-likeness (QED) is 0.560. The van der Waals surface area contributed by atoms with E-state index in [1.807, 2.05) is 19.1 Å². The van der Waals surface area contributed by atoms with Crippen molar-refractivity contribution >= 4 is 46.8 Å². The lowest BCUT2D eigenvalue weighted by Gasteiger charge is -2.15. The van der Waals surface area contributed by atoms with Crippen LogP contribution in [0.4, 0.5) is 11.4 Å². The van der Waals surface area contributed by atoms with Crippen molar-refractivity contribution in [2.24, 2.45) is 0 Å². The molecule has 1 saturated heterocycles. The fourth-order valence-electron chi connectivity index (χ4n) is 2.77. The van der Waals surface area contributed by atoms with Crippen LogP contribution >= 0.6 is 11.8 Å². The Morgan fingerprint density at radius 3 is 2.34 bits per heavy atom. The van der Waals surface area contributed by atoms with Gasteiger partial charge in [0.05, 0.1) is 10.9 Å². The fraction of sp³-hybridized carbons (Fsp3) is 0.143. The number of carboxylic acids is 1. The zero-order valence-electron chi connectivity index (χ0n) is 15.5. The number of hydrogen-bond donors (Lipinski definition) is 2.